The number of carbonyl (C=O) groups is 1. The Morgan fingerprint density at radius 1 is 0.783 bits per heavy atom. The van der Waals surface area contributed by atoms with Gasteiger partial charge in [0.2, 0.25) is 0 Å². The molecule has 0 aliphatic carbocycles. The summed E-state index contributed by atoms with van der Waals surface area (Å²) in [6, 6.07) is 8.91. The van der Waals surface area contributed by atoms with E-state index in [1.165, 1.54) is 12.1 Å². The predicted molar refractivity (Wildman–Crippen MR) is 70.8 cm³/mol. The molecule has 0 unspecified atom stereocenters. The Balaban J connectivity index is 2.37. The van der Waals surface area contributed by atoms with E-state index < -0.39 is 29.4 Å². The molecule has 0 atom stereocenters. The van der Waals surface area contributed by atoms with Gasteiger partial charge in [0.15, 0.2) is 0 Å². The van der Waals surface area contributed by atoms with Gasteiger partial charge in [-0.2, -0.15) is 26.3 Å². The summed E-state index contributed by atoms with van der Waals surface area (Å²) >= 11 is 0. The topological polar surface area (TPSA) is 29.1 Å². The van der Waals surface area contributed by atoms with Crippen molar-refractivity contribution in [3.05, 3.63) is 65.2 Å². The zero-order valence-corrected chi connectivity index (χ0v) is 11.3. The number of amides is 1. The number of hydrogen-bond donors (Lipinski definition) is 1. The van der Waals surface area contributed by atoms with Crippen LogP contribution in [0.15, 0.2) is 48.5 Å². The fourth-order valence-corrected chi connectivity index (χ4v) is 1.90. The predicted octanol–water partition coefficient (Wildman–Crippen LogP) is 4.98. The van der Waals surface area contributed by atoms with Gasteiger partial charge in [0.1, 0.15) is 0 Å². The smallest absolute Gasteiger partial charge is 0.322 e. The van der Waals surface area contributed by atoms with Crippen molar-refractivity contribution in [2.45, 2.75) is 12.4 Å². The molecule has 0 saturated carbocycles. The maximum Gasteiger partial charge on any atom is 0.417 e. The lowest BCUT2D eigenvalue weighted by molar-refractivity contribution is -0.162. The number of alkyl halides is 6. The first-order valence-electron chi connectivity index (χ1n) is 6.24. The van der Waals surface area contributed by atoms with Crippen LogP contribution in [0.4, 0.5) is 32.0 Å². The first-order valence-corrected chi connectivity index (χ1v) is 6.24. The molecule has 0 aromatic heterocycles. The zero-order valence-electron chi connectivity index (χ0n) is 11.3. The second kappa shape index (κ2) is 5.94. The van der Waals surface area contributed by atoms with Crippen molar-refractivity contribution in [1.29, 1.82) is 0 Å². The molecule has 0 fully saturated rings. The fourth-order valence-electron chi connectivity index (χ4n) is 1.90. The molecule has 0 radical (unpaired) electrons. The highest BCUT2D eigenvalue weighted by molar-refractivity contribution is 6.04. The minimum atomic E-state index is -5.20. The Hall–Kier alpha value is -2.51. The first-order chi connectivity index (χ1) is 10.6. The molecule has 8 heteroatoms. The summed E-state index contributed by atoms with van der Waals surface area (Å²) in [4.78, 5) is 11.8. The van der Waals surface area contributed by atoms with Crippen LogP contribution in [0.25, 0.3) is 0 Å². The molecule has 1 amide bonds. The molecule has 0 aliphatic rings. The normalized spacial score (nSPS) is 12.1. The average Bonchev–Trinajstić information content (AvgIpc) is 2.46. The van der Waals surface area contributed by atoms with Crippen molar-refractivity contribution in [2.24, 2.45) is 0 Å². The number of benzene rings is 2. The van der Waals surface area contributed by atoms with Gasteiger partial charge in [-0.05, 0) is 30.3 Å². The Labute approximate surface area is 126 Å². The molecule has 2 rings (SSSR count). The van der Waals surface area contributed by atoms with Crippen molar-refractivity contribution in [2.75, 3.05) is 5.32 Å². The summed E-state index contributed by atoms with van der Waals surface area (Å²) in [5, 5.41) is 2.14. The molecule has 0 bridgehead atoms. The van der Waals surface area contributed by atoms with Crippen LogP contribution in [0.1, 0.15) is 21.5 Å². The molecule has 0 heterocycles. The average molecular weight is 333 g/mol. The van der Waals surface area contributed by atoms with E-state index in [1.54, 1.807) is 18.2 Å². The van der Waals surface area contributed by atoms with Crippen LogP contribution in [0.3, 0.4) is 0 Å². The highest BCUT2D eigenvalue weighted by atomic mass is 19.4. The maximum atomic E-state index is 12.8. The third-order valence-corrected chi connectivity index (χ3v) is 2.92. The van der Waals surface area contributed by atoms with Crippen LogP contribution < -0.4 is 5.32 Å². The van der Waals surface area contributed by atoms with Crippen LogP contribution in [0.2, 0.25) is 0 Å². The zero-order chi connectivity index (χ0) is 17.3. The standard InChI is InChI=1S/C15H9F6NO/c16-14(17,18)11-7-6-10(8-12(11)15(19,20)21)22-13(23)9-4-2-1-3-5-9/h1-8H,(H,22,23). The third-order valence-electron chi connectivity index (χ3n) is 2.92. The molecule has 0 saturated heterocycles. The Kier molecular flexibility index (Phi) is 4.35. The van der Waals surface area contributed by atoms with Gasteiger partial charge in [0, 0.05) is 11.3 Å². The van der Waals surface area contributed by atoms with Gasteiger partial charge in [-0.3, -0.25) is 4.79 Å². The Morgan fingerprint density at radius 3 is 1.87 bits per heavy atom. The fraction of sp³-hybridized carbons (Fsp3) is 0.133. The summed E-state index contributed by atoms with van der Waals surface area (Å²) in [6.45, 7) is 0. The summed E-state index contributed by atoms with van der Waals surface area (Å²) in [6.07, 6.45) is -10.3. The lowest BCUT2D eigenvalue weighted by atomic mass is 10.1. The highest BCUT2D eigenvalue weighted by Gasteiger charge is 2.43. The maximum absolute atomic E-state index is 12.8. The van der Waals surface area contributed by atoms with E-state index >= 15 is 0 Å². The largest absolute Gasteiger partial charge is 0.417 e. The molecule has 23 heavy (non-hydrogen) atoms. The minimum Gasteiger partial charge on any atom is -0.322 e. The second-order valence-electron chi connectivity index (χ2n) is 4.58. The van der Waals surface area contributed by atoms with Gasteiger partial charge in [-0.25, -0.2) is 0 Å². The minimum absolute atomic E-state index is 0.168. The number of anilines is 1. The number of hydrogen-bond acceptors (Lipinski definition) is 1. The SMILES string of the molecule is O=C(Nc1ccc(C(F)(F)F)c(C(F)(F)F)c1)c1ccccc1. The van der Waals surface area contributed by atoms with Crippen molar-refractivity contribution >= 4 is 11.6 Å². The molecular formula is C15H9F6NO. The molecular weight excluding hydrogens is 324 g/mol. The van der Waals surface area contributed by atoms with Gasteiger partial charge in [0.25, 0.3) is 5.91 Å². The molecule has 2 aromatic rings. The van der Waals surface area contributed by atoms with Crippen molar-refractivity contribution in [1.82, 2.24) is 0 Å². The Bertz CT molecular complexity index is 706. The summed E-state index contributed by atoms with van der Waals surface area (Å²) in [5.74, 6) is -0.724. The molecule has 0 aliphatic heterocycles. The van der Waals surface area contributed by atoms with E-state index in [0.717, 1.165) is 6.07 Å². The summed E-state index contributed by atoms with van der Waals surface area (Å²) in [7, 11) is 0. The number of carbonyl (C=O) groups excluding carboxylic acids is 1. The molecule has 122 valence electrons. The van der Waals surface area contributed by atoms with Crippen LogP contribution in [0.5, 0.6) is 0 Å². The van der Waals surface area contributed by atoms with Gasteiger partial charge in [-0.15, -0.1) is 0 Å². The van der Waals surface area contributed by atoms with E-state index in [0.29, 0.717) is 6.07 Å². The second-order valence-corrected chi connectivity index (χ2v) is 4.58. The quantitative estimate of drug-likeness (QED) is 0.772. The van der Waals surface area contributed by atoms with Gasteiger partial charge < -0.3 is 5.32 Å². The Morgan fingerprint density at radius 2 is 1.35 bits per heavy atom. The first kappa shape index (κ1) is 16.9. The van der Waals surface area contributed by atoms with E-state index in [4.69, 9.17) is 0 Å². The van der Waals surface area contributed by atoms with Gasteiger partial charge >= 0.3 is 12.4 Å². The van der Waals surface area contributed by atoms with Crippen molar-refractivity contribution in [3.8, 4) is 0 Å². The van der Waals surface area contributed by atoms with Crippen LogP contribution in [-0.2, 0) is 12.4 Å². The number of halogens is 6. The number of rotatable bonds is 2. The van der Waals surface area contributed by atoms with E-state index in [-0.39, 0.29) is 17.3 Å². The van der Waals surface area contributed by atoms with Crippen molar-refractivity contribution in [3.63, 3.8) is 0 Å². The molecule has 2 nitrogen and oxygen atoms in total. The highest BCUT2D eigenvalue weighted by Crippen LogP contribution is 2.41. The molecule has 2 aromatic carbocycles. The third kappa shape index (κ3) is 4.02. The molecule has 1 N–H and O–H groups in total. The van der Waals surface area contributed by atoms with Crippen LogP contribution in [0, 0.1) is 0 Å². The van der Waals surface area contributed by atoms with Gasteiger partial charge in [0.05, 0.1) is 11.1 Å². The lowest BCUT2D eigenvalue weighted by Gasteiger charge is -2.17. The molecule has 0 spiro atoms. The summed E-state index contributed by atoms with van der Waals surface area (Å²) in [5.41, 5.74) is -3.86. The number of nitrogens with one attached hydrogen (secondary N) is 1. The lowest BCUT2D eigenvalue weighted by Crippen LogP contribution is -2.18. The van der Waals surface area contributed by atoms with Crippen molar-refractivity contribution < 1.29 is 31.1 Å². The monoisotopic (exact) mass is 333 g/mol. The summed E-state index contributed by atoms with van der Waals surface area (Å²) < 4.78 is 76.4. The van der Waals surface area contributed by atoms with E-state index in [2.05, 4.69) is 5.32 Å². The van der Waals surface area contributed by atoms with E-state index in [9.17, 15) is 31.1 Å². The van der Waals surface area contributed by atoms with E-state index in [1.807, 2.05) is 0 Å². The van der Waals surface area contributed by atoms with Crippen LogP contribution in [-0.4, -0.2) is 5.91 Å². The van der Waals surface area contributed by atoms with Crippen LogP contribution >= 0.6 is 0 Å². The van der Waals surface area contributed by atoms with Gasteiger partial charge in [-0.1, -0.05) is 18.2 Å².